The second-order valence-electron chi connectivity index (χ2n) is 4.96. The van der Waals surface area contributed by atoms with Gasteiger partial charge in [-0.15, -0.1) is 11.3 Å². The van der Waals surface area contributed by atoms with E-state index in [2.05, 4.69) is 15.6 Å². The van der Waals surface area contributed by atoms with Gasteiger partial charge in [0.1, 0.15) is 5.75 Å². The number of hydrogen-bond acceptors (Lipinski definition) is 5. The molecule has 1 heterocycles. The number of rotatable bonds is 4. The summed E-state index contributed by atoms with van der Waals surface area (Å²) in [6, 6.07) is 7.67. The minimum Gasteiger partial charge on any atom is -0.496 e. The Bertz CT molecular complexity index is 687. The molecule has 2 amide bonds. The third-order valence-electron chi connectivity index (χ3n) is 3.50. The lowest BCUT2D eigenvalue weighted by atomic mass is 10.1. The van der Waals surface area contributed by atoms with Crippen LogP contribution in [-0.2, 0) is 9.59 Å². The number of anilines is 1. The van der Waals surface area contributed by atoms with Gasteiger partial charge in [-0.2, -0.15) is 0 Å². The monoisotopic (exact) mass is 317 g/mol. The molecule has 0 spiro atoms. The predicted molar refractivity (Wildman–Crippen MR) is 83.0 cm³/mol. The number of amides is 2. The molecular weight excluding hydrogens is 302 g/mol. The summed E-state index contributed by atoms with van der Waals surface area (Å²) in [5.41, 5.74) is 1.05. The van der Waals surface area contributed by atoms with Crippen molar-refractivity contribution in [1.29, 1.82) is 0 Å². The van der Waals surface area contributed by atoms with Crippen LogP contribution in [0.3, 0.4) is 0 Å². The van der Waals surface area contributed by atoms with Gasteiger partial charge in [0.05, 0.1) is 7.11 Å². The Balaban J connectivity index is 1.57. The van der Waals surface area contributed by atoms with Crippen molar-refractivity contribution in [1.82, 2.24) is 10.3 Å². The first-order valence-corrected chi connectivity index (χ1v) is 7.71. The largest absolute Gasteiger partial charge is 0.496 e. The fourth-order valence-corrected chi connectivity index (χ4v) is 2.87. The highest BCUT2D eigenvalue weighted by Gasteiger charge is 2.41. The molecule has 1 aromatic carbocycles. The maximum absolute atomic E-state index is 11.9. The summed E-state index contributed by atoms with van der Waals surface area (Å²) in [7, 11) is 1.62. The Morgan fingerprint density at radius 1 is 1.32 bits per heavy atom. The van der Waals surface area contributed by atoms with Crippen LogP contribution in [0.15, 0.2) is 35.8 Å². The van der Waals surface area contributed by atoms with Gasteiger partial charge in [0, 0.05) is 23.5 Å². The van der Waals surface area contributed by atoms with Crippen molar-refractivity contribution in [3.63, 3.8) is 0 Å². The van der Waals surface area contributed by atoms with E-state index < -0.39 is 11.8 Å². The summed E-state index contributed by atoms with van der Waals surface area (Å²) in [6.07, 6.45) is 2.37. The summed E-state index contributed by atoms with van der Waals surface area (Å²) < 4.78 is 5.32. The molecule has 0 bridgehead atoms. The Kier molecular flexibility index (Phi) is 4.06. The average molecular weight is 317 g/mol. The average Bonchev–Trinajstić information content (AvgIpc) is 3.09. The zero-order valence-corrected chi connectivity index (χ0v) is 12.7. The summed E-state index contributed by atoms with van der Waals surface area (Å²) in [5, 5.41) is 7.34. The highest BCUT2D eigenvalue weighted by molar-refractivity contribution is 7.13. The highest BCUT2D eigenvalue weighted by Crippen LogP contribution is 2.44. The van der Waals surface area contributed by atoms with Crippen molar-refractivity contribution in [2.24, 2.45) is 0 Å². The van der Waals surface area contributed by atoms with Crippen LogP contribution in [0.25, 0.3) is 0 Å². The SMILES string of the molecule is COc1ccccc1[C@H]1C[C@H]1NC(=O)C(=O)Nc1nccs1. The van der Waals surface area contributed by atoms with E-state index in [0.717, 1.165) is 17.7 Å². The molecule has 0 saturated heterocycles. The van der Waals surface area contributed by atoms with Crippen LogP contribution in [0.4, 0.5) is 5.13 Å². The number of para-hydroxylation sites is 1. The smallest absolute Gasteiger partial charge is 0.315 e. The maximum atomic E-state index is 11.9. The highest BCUT2D eigenvalue weighted by atomic mass is 32.1. The molecule has 2 aromatic rings. The fourth-order valence-electron chi connectivity index (χ4n) is 2.34. The number of hydrogen-bond donors (Lipinski definition) is 2. The van der Waals surface area contributed by atoms with Gasteiger partial charge in [-0.05, 0) is 18.1 Å². The first-order valence-electron chi connectivity index (χ1n) is 6.83. The van der Waals surface area contributed by atoms with Gasteiger partial charge >= 0.3 is 11.8 Å². The van der Waals surface area contributed by atoms with Crippen molar-refractivity contribution in [2.75, 3.05) is 12.4 Å². The van der Waals surface area contributed by atoms with Crippen molar-refractivity contribution in [2.45, 2.75) is 18.4 Å². The summed E-state index contributed by atoms with van der Waals surface area (Å²) >= 11 is 1.27. The van der Waals surface area contributed by atoms with E-state index in [4.69, 9.17) is 4.74 Å². The Hall–Kier alpha value is -2.41. The summed E-state index contributed by atoms with van der Waals surface area (Å²) in [6.45, 7) is 0. The maximum Gasteiger partial charge on any atom is 0.315 e. The molecule has 0 unspecified atom stereocenters. The number of benzene rings is 1. The molecule has 0 radical (unpaired) electrons. The number of aromatic nitrogens is 1. The third-order valence-corrected chi connectivity index (χ3v) is 4.19. The lowest BCUT2D eigenvalue weighted by Gasteiger charge is -2.08. The number of carbonyl (C=O) groups excluding carboxylic acids is 2. The van der Waals surface area contributed by atoms with E-state index >= 15 is 0 Å². The van der Waals surface area contributed by atoms with Crippen LogP contribution in [0.1, 0.15) is 17.9 Å². The zero-order chi connectivity index (χ0) is 15.5. The van der Waals surface area contributed by atoms with Gasteiger partial charge < -0.3 is 10.1 Å². The minimum absolute atomic E-state index is 0.0363. The number of methoxy groups -OCH3 is 1. The second kappa shape index (κ2) is 6.15. The van der Waals surface area contributed by atoms with Crippen LogP contribution in [0.5, 0.6) is 5.75 Å². The molecule has 3 rings (SSSR count). The first-order chi connectivity index (χ1) is 10.7. The molecule has 2 N–H and O–H groups in total. The quantitative estimate of drug-likeness (QED) is 0.842. The molecule has 2 atom stereocenters. The Morgan fingerprint density at radius 3 is 2.86 bits per heavy atom. The molecule has 22 heavy (non-hydrogen) atoms. The van der Waals surface area contributed by atoms with E-state index in [-0.39, 0.29) is 12.0 Å². The molecule has 114 valence electrons. The van der Waals surface area contributed by atoms with E-state index in [1.54, 1.807) is 18.7 Å². The zero-order valence-electron chi connectivity index (χ0n) is 11.9. The van der Waals surface area contributed by atoms with E-state index in [1.165, 1.54) is 11.3 Å². The van der Waals surface area contributed by atoms with Gasteiger partial charge in [0.25, 0.3) is 0 Å². The molecule has 1 aliphatic carbocycles. The van der Waals surface area contributed by atoms with Gasteiger partial charge in [-0.3, -0.25) is 14.9 Å². The standard InChI is InChI=1S/C15H15N3O3S/c1-21-12-5-3-2-4-9(12)10-8-11(10)17-13(19)14(20)18-15-16-6-7-22-15/h2-7,10-11H,8H2,1H3,(H,17,19)(H,16,18,20)/t10-,11-/m1/s1. The van der Waals surface area contributed by atoms with Crippen LogP contribution >= 0.6 is 11.3 Å². The van der Waals surface area contributed by atoms with Crippen molar-refractivity contribution in [3.05, 3.63) is 41.4 Å². The molecule has 7 heteroatoms. The third kappa shape index (κ3) is 3.09. The van der Waals surface area contributed by atoms with Gasteiger partial charge in [-0.25, -0.2) is 4.98 Å². The number of ether oxygens (including phenoxy) is 1. The molecule has 1 aliphatic rings. The summed E-state index contributed by atoms with van der Waals surface area (Å²) in [5.74, 6) is -0.345. The topological polar surface area (TPSA) is 80.3 Å². The molecule has 1 saturated carbocycles. The van der Waals surface area contributed by atoms with Gasteiger partial charge in [0.2, 0.25) is 0 Å². The van der Waals surface area contributed by atoms with Gasteiger partial charge in [-0.1, -0.05) is 18.2 Å². The van der Waals surface area contributed by atoms with Crippen molar-refractivity contribution >= 4 is 28.3 Å². The number of nitrogens with one attached hydrogen (secondary N) is 2. The van der Waals surface area contributed by atoms with Crippen LogP contribution in [-0.4, -0.2) is 29.9 Å². The molecule has 0 aliphatic heterocycles. The van der Waals surface area contributed by atoms with Crippen LogP contribution < -0.4 is 15.4 Å². The molecule has 1 fully saturated rings. The van der Waals surface area contributed by atoms with E-state index in [9.17, 15) is 9.59 Å². The van der Waals surface area contributed by atoms with Crippen LogP contribution in [0, 0.1) is 0 Å². The molecule has 1 aromatic heterocycles. The summed E-state index contributed by atoms with van der Waals surface area (Å²) in [4.78, 5) is 27.5. The van der Waals surface area contributed by atoms with Gasteiger partial charge in [0.15, 0.2) is 5.13 Å². The van der Waals surface area contributed by atoms with E-state index in [0.29, 0.717) is 5.13 Å². The normalized spacial score (nSPS) is 19.3. The second-order valence-corrected chi connectivity index (χ2v) is 5.85. The predicted octanol–water partition coefficient (Wildman–Crippen LogP) is 1.76. The first kappa shape index (κ1) is 14.5. The molecule has 6 nitrogen and oxygen atoms in total. The minimum atomic E-state index is -0.694. The number of carbonyl (C=O) groups is 2. The Labute approximate surface area is 131 Å². The van der Waals surface area contributed by atoms with Crippen molar-refractivity contribution in [3.8, 4) is 5.75 Å². The fraction of sp³-hybridized carbons (Fsp3) is 0.267. The van der Waals surface area contributed by atoms with Crippen LogP contribution in [0.2, 0.25) is 0 Å². The lowest BCUT2D eigenvalue weighted by molar-refractivity contribution is -0.136. The lowest BCUT2D eigenvalue weighted by Crippen LogP contribution is -2.37. The number of nitrogens with zero attached hydrogens (tertiary/aromatic N) is 1. The molecular formula is C15H15N3O3S. The van der Waals surface area contributed by atoms with E-state index in [1.807, 2.05) is 24.3 Å². The Morgan fingerprint density at radius 2 is 2.14 bits per heavy atom. The number of thiazole rings is 1. The van der Waals surface area contributed by atoms with Crippen molar-refractivity contribution < 1.29 is 14.3 Å².